The van der Waals surface area contributed by atoms with E-state index in [1.165, 1.54) is 6.07 Å². The molecule has 0 radical (unpaired) electrons. The van der Waals surface area contributed by atoms with Crippen molar-refractivity contribution < 1.29 is 13.9 Å². The molecular weight excluding hydrogens is 319 g/mol. The van der Waals surface area contributed by atoms with Crippen molar-refractivity contribution >= 4 is 5.91 Å². The van der Waals surface area contributed by atoms with Crippen molar-refractivity contribution in [1.29, 1.82) is 0 Å². The first-order chi connectivity index (χ1) is 12.1. The zero-order chi connectivity index (χ0) is 18.1. The van der Waals surface area contributed by atoms with Crippen LogP contribution in [0, 0.1) is 5.82 Å². The summed E-state index contributed by atoms with van der Waals surface area (Å²) in [6, 6.07) is 14.1. The van der Waals surface area contributed by atoms with Crippen molar-refractivity contribution in [3.8, 4) is 5.75 Å². The maximum atomic E-state index is 13.5. The molecule has 0 unspecified atom stereocenters. The van der Waals surface area contributed by atoms with E-state index in [9.17, 15) is 9.18 Å². The van der Waals surface area contributed by atoms with Crippen molar-refractivity contribution in [2.24, 2.45) is 0 Å². The molecule has 0 saturated carbocycles. The molecule has 2 aromatic rings. The van der Waals surface area contributed by atoms with Crippen molar-refractivity contribution in [1.82, 2.24) is 10.2 Å². The molecule has 0 aliphatic carbocycles. The minimum atomic E-state index is -0.310. The zero-order valence-corrected chi connectivity index (χ0v) is 14.4. The van der Waals surface area contributed by atoms with Crippen LogP contribution in [-0.4, -0.2) is 31.0 Å². The van der Waals surface area contributed by atoms with Crippen molar-refractivity contribution in [2.45, 2.75) is 13.1 Å². The third-order valence-corrected chi connectivity index (χ3v) is 3.59. The van der Waals surface area contributed by atoms with Gasteiger partial charge in [0.2, 0.25) is 5.91 Å². The fourth-order valence-electron chi connectivity index (χ4n) is 2.35. The summed E-state index contributed by atoms with van der Waals surface area (Å²) in [6.45, 7) is 5.14. The number of amides is 1. The van der Waals surface area contributed by atoms with E-state index in [0.717, 1.165) is 11.3 Å². The number of likely N-dealkylation sites (N-methyl/N-ethyl adjacent to an activating group) is 1. The number of hydrogen-bond acceptors (Lipinski definition) is 3. The average molecular weight is 342 g/mol. The molecule has 0 saturated heterocycles. The highest BCUT2D eigenvalue weighted by atomic mass is 19.1. The van der Waals surface area contributed by atoms with Crippen LogP contribution in [0.25, 0.3) is 0 Å². The Morgan fingerprint density at radius 2 is 1.96 bits per heavy atom. The highest BCUT2D eigenvalue weighted by molar-refractivity contribution is 5.77. The van der Waals surface area contributed by atoms with E-state index < -0.39 is 0 Å². The van der Waals surface area contributed by atoms with Gasteiger partial charge in [0.15, 0.2) is 0 Å². The number of halogens is 1. The Labute approximate surface area is 147 Å². The summed E-state index contributed by atoms with van der Waals surface area (Å²) in [5.74, 6) is 0.334. The van der Waals surface area contributed by atoms with E-state index in [-0.39, 0.29) is 24.8 Å². The number of carbonyl (C=O) groups excluding carboxylic acids is 1. The molecule has 1 amide bonds. The predicted octanol–water partition coefficient (Wildman–Crippen LogP) is 3.14. The minimum Gasteiger partial charge on any atom is -0.490 e. The number of carbonyl (C=O) groups is 1. The van der Waals surface area contributed by atoms with Crippen LogP contribution in [0.15, 0.2) is 61.2 Å². The standard InChI is InChI=1S/C20H23FN2O2/c1-3-12-25-18-10-8-16(9-11-18)14-23(2)15-20(24)22-13-17-6-4-5-7-19(17)21/h3-11H,1,12-15H2,2H3,(H,22,24). The van der Waals surface area contributed by atoms with Gasteiger partial charge in [-0.05, 0) is 30.8 Å². The molecule has 132 valence electrons. The van der Waals surface area contributed by atoms with Gasteiger partial charge >= 0.3 is 0 Å². The van der Waals surface area contributed by atoms with E-state index in [2.05, 4.69) is 11.9 Å². The third kappa shape index (κ3) is 6.39. The van der Waals surface area contributed by atoms with Crippen LogP contribution in [0.2, 0.25) is 0 Å². The summed E-state index contributed by atoms with van der Waals surface area (Å²) in [5, 5.41) is 2.74. The van der Waals surface area contributed by atoms with Gasteiger partial charge in [-0.2, -0.15) is 0 Å². The minimum absolute atomic E-state index is 0.142. The zero-order valence-electron chi connectivity index (χ0n) is 14.4. The van der Waals surface area contributed by atoms with Gasteiger partial charge in [0.1, 0.15) is 18.2 Å². The van der Waals surface area contributed by atoms with Crippen LogP contribution >= 0.6 is 0 Å². The first kappa shape index (κ1) is 18.7. The number of nitrogens with zero attached hydrogens (tertiary/aromatic N) is 1. The Morgan fingerprint density at radius 3 is 2.64 bits per heavy atom. The summed E-state index contributed by atoms with van der Waals surface area (Å²) in [5.41, 5.74) is 1.56. The van der Waals surface area contributed by atoms with Gasteiger partial charge < -0.3 is 10.1 Å². The van der Waals surface area contributed by atoms with Crippen LogP contribution in [0.4, 0.5) is 4.39 Å². The van der Waals surface area contributed by atoms with Gasteiger partial charge in [0.05, 0.1) is 6.54 Å². The average Bonchev–Trinajstić information content (AvgIpc) is 2.60. The van der Waals surface area contributed by atoms with Crippen molar-refractivity contribution in [3.05, 3.63) is 78.1 Å². The molecule has 0 spiro atoms. The molecule has 1 N–H and O–H groups in total. The molecule has 0 heterocycles. The van der Waals surface area contributed by atoms with E-state index >= 15 is 0 Å². The molecule has 0 aromatic heterocycles. The fraction of sp³-hybridized carbons (Fsp3) is 0.250. The number of ether oxygens (including phenoxy) is 1. The Balaban J connectivity index is 1.77. The molecule has 5 heteroatoms. The van der Waals surface area contributed by atoms with Crippen LogP contribution < -0.4 is 10.1 Å². The van der Waals surface area contributed by atoms with Crippen LogP contribution in [-0.2, 0) is 17.9 Å². The second-order valence-electron chi connectivity index (χ2n) is 5.78. The van der Waals surface area contributed by atoms with Gasteiger partial charge in [0.25, 0.3) is 0 Å². The lowest BCUT2D eigenvalue weighted by Crippen LogP contribution is -2.34. The summed E-state index contributed by atoms with van der Waals surface area (Å²) in [6.07, 6.45) is 1.70. The largest absolute Gasteiger partial charge is 0.490 e. The first-order valence-corrected chi connectivity index (χ1v) is 8.10. The van der Waals surface area contributed by atoms with Gasteiger partial charge in [-0.15, -0.1) is 0 Å². The third-order valence-electron chi connectivity index (χ3n) is 3.59. The van der Waals surface area contributed by atoms with Crippen LogP contribution in [0.5, 0.6) is 5.75 Å². The van der Waals surface area contributed by atoms with Crippen molar-refractivity contribution in [3.63, 3.8) is 0 Å². The summed E-state index contributed by atoms with van der Waals surface area (Å²) in [4.78, 5) is 13.9. The van der Waals surface area contributed by atoms with Crippen LogP contribution in [0.3, 0.4) is 0 Å². The Morgan fingerprint density at radius 1 is 1.24 bits per heavy atom. The topological polar surface area (TPSA) is 41.6 Å². The molecule has 0 fully saturated rings. The lowest BCUT2D eigenvalue weighted by atomic mass is 10.2. The normalized spacial score (nSPS) is 10.5. The molecule has 2 rings (SSSR count). The second kappa shape index (κ2) is 9.59. The lowest BCUT2D eigenvalue weighted by molar-refractivity contribution is -0.122. The summed E-state index contributed by atoms with van der Waals surface area (Å²) in [7, 11) is 1.87. The maximum Gasteiger partial charge on any atom is 0.234 e. The highest BCUT2D eigenvalue weighted by Gasteiger charge is 2.08. The predicted molar refractivity (Wildman–Crippen MR) is 96.7 cm³/mol. The molecule has 0 bridgehead atoms. The molecule has 0 aliphatic rings. The quantitative estimate of drug-likeness (QED) is 0.712. The van der Waals surface area contributed by atoms with Gasteiger partial charge in [0, 0.05) is 18.7 Å². The lowest BCUT2D eigenvalue weighted by Gasteiger charge is -2.17. The Hall–Kier alpha value is -2.66. The Bertz CT molecular complexity index is 701. The highest BCUT2D eigenvalue weighted by Crippen LogP contribution is 2.13. The summed E-state index contributed by atoms with van der Waals surface area (Å²) < 4.78 is 19.0. The van der Waals surface area contributed by atoms with E-state index in [4.69, 9.17) is 4.74 Å². The number of rotatable bonds is 9. The van der Waals surface area contributed by atoms with Gasteiger partial charge in [-0.1, -0.05) is 43.0 Å². The molecule has 0 aliphatic heterocycles. The molecular formula is C20H23FN2O2. The van der Waals surface area contributed by atoms with E-state index in [0.29, 0.717) is 18.7 Å². The van der Waals surface area contributed by atoms with Crippen LogP contribution in [0.1, 0.15) is 11.1 Å². The number of benzene rings is 2. The summed E-state index contributed by atoms with van der Waals surface area (Å²) >= 11 is 0. The second-order valence-corrected chi connectivity index (χ2v) is 5.78. The van der Waals surface area contributed by atoms with E-state index in [1.807, 2.05) is 36.2 Å². The Kier molecular flexibility index (Phi) is 7.16. The molecule has 25 heavy (non-hydrogen) atoms. The maximum absolute atomic E-state index is 13.5. The van der Waals surface area contributed by atoms with Gasteiger partial charge in [-0.25, -0.2) is 4.39 Å². The number of hydrogen-bond donors (Lipinski definition) is 1. The molecule has 2 aromatic carbocycles. The smallest absolute Gasteiger partial charge is 0.234 e. The molecule has 4 nitrogen and oxygen atoms in total. The first-order valence-electron chi connectivity index (χ1n) is 8.10. The van der Waals surface area contributed by atoms with Gasteiger partial charge in [-0.3, -0.25) is 9.69 Å². The fourth-order valence-corrected chi connectivity index (χ4v) is 2.35. The monoisotopic (exact) mass is 342 g/mol. The number of nitrogens with one attached hydrogen (secondary N) is 1. The van der Waals surface area contributed by atoms with E-state index in [1.54, 1.807) is 24.3 Å². The van der Waals surface area contributed by atoms with Crippen molar-refractivity contribution in [2.75, 3.05) is 20.2 Å². The molecule has 0 atom stereocenters. The SMILES string of the molecule is C=CCOc1ccc(CN(C)CC(=O)NCc2ccccc2F)cc1.